The summed E-state index contributed by atoms with van der Waals surface area (Å²) < 4.78 is 1.41. The minimum absolute atomic E-state index is 0.206. The molecule has 3 aromatic rings. The second-order valence-corrected chi connectivity index (χ2v) is 5.83. The van der Waals surface area contributed by atoms with E-state index in [9.17, 15) is 9.59 Å². The number of aromatic nitrogens is 4. The number of aryl methyl sites for hydroxylation is 2. The first-order chi connectivity index (χ1) is 12.5. The van der Waals surface area contributed by atoms with Crippen LogP contribution in [-0.2, 0) is 6.42 Å². The number of anilines is 2. The number of carbonyl (C=O) groups excluding carboxylic acids is 1. The number of H-pyrrole nitrogens is 1. The van der Waals surface area contributed by atoms with Gasteiger partial charge in [0, 0.05) is 23.0 Å². The van der Waals surface area contributed by atoms with Crippen LogP contribution < -0.4 is 16.2 Å². The molecule has 0 spiro atoms. The Hall–Kier alpha value is -3.42. The van der Waals surface area contributed by atoms with Gasteiger partial charge in [-0.1, -0.05) is 25.1 Å². The first-order valence-corrected chi connectivity index (χ1v) is 8.27. The van der Waals surface area contributed by atoms with E-state index in [1.54, 1.807) is 32.0 Å². The predicted octanol–water partition coefficient (Wildman–Crippen LogP) is 2.78. The van der Waals surface area contributed by atoms with Crippen molar-refractivity contribution in [3.8, 4) is 5.95 Å². The van der Waals surface area contributed by atoms with Gasteiger partial charge in [-0.2, -0.15) is 9.78 Å². The molecular formula is C18H20N6O2. The van der Waals surface area contributed by atoms with Crippen molar-refractivity contribution in [1.82, 2.24) is 19.7 Å². The topological polar surface area (TPSA) is 105 Å². The number of aromatic amines is 1. The summed E-state index contributed by atoms with van der Waals surface area (Å²) in [7, 11) is 0. The maximum Gasteiger partial charge on any atom is 0.324 e. The van der Waals surface area contributed by atoms with E-state index in [0.717, 1.165) is 0 Å². The van der Waals surface area contributed by atoms with Crippen LogP contribution >= 0.6 is 0 Å². The average molecular weight is 352 g/mol. The second kappa shape index (κ2) is 7.22. The summed E-state index contributed by atoms with van der Waals surface area (Å²) in [5, 5.41) is 9.79. The smallest absolute Gasteiger partial charge is 0.308 e. The van der Waals surface area contributed by atoms with Crippen molar-refractivity contribution in [2.75, 3.05) is 10.6 Å². The van der Waals surface area contributed by atoms with Gasteiger partial charge in [-0.3, -0.25) is 15.1 Å². The molecule has 0 radical (unpaired) electrons. The van der Waals surface area contributed by atoms with Gasteiger partial charge in [0.25, 0.3) is 5.56 Å². The van der Waals surface area contributed by atoms with Gasteiger partial charge >= 0.3 is 6.03 Å². The molecule has 0 bridgehead atoms. The van der Waals surface area contributed by atoms with Crippen LogP contribution in [0.4, 0.5) is 16.3 Å². The molecule has 0 saturated heterocycles. The molecule has 0 unspecified atom stereocenters. The van der Waals surface area contributed by atoms with Crippen LogP contribution in [0.5, 0.6) is 0 Å². The van der Waals surface area contributed by atoms with Gasteiger partial charge in [0.05, 0.1) is 5.69 Å². The third-order valence-corrected chi connectivity index (χ3v) is 3.87. The summed E-state index contributed by atoms with van der Waals surface area (Å²) in [5.74, 6) is 0.663. The van der Waals surface area contributed by atoms with E-state index in [-0.39, 0.29) is 11.5 Å². The van der Waals surface area contributed by atoms with Crippen molar-refractivity contribution < 1.29 is 4.79 Å². The Bertz CT molecular complexity index is 991. The lowest BCUT2D eigenvalue weighted by Crippen LogP contribution is -2.24. The molecule has 3 N–H and O–H groups in total. The monoisotopic (exact) mass is 352 g/mol. The van der Waals surface area contributed by atoms with E-state index in [4.69, 9.17) is 0 Å². The van der Waals surface area contributed by atoms with Crippen LogP contribution in [0.25, 0.3) is 5.95 Å². The molecule has 2 aromatic heterocycles. The number of hydrogen-bond donors (Lipinski definition) is 3. The fourth-order valence-electron chi connectivity index (χ4n) is 2.66. The number of nitrogens with zero attached hydrogens (tertiary/aromatic N) is 3. The molecule has 134 valence electrons. The third kappa shape index (κ3) is 3.64. The van der Waals surface area contributed by atoms with Crippen molar-refractivity contribution in [1.29, 1.82) is 0 Å². The maximum absolute atomic E-state index is 12.3. The molecule has 2 heterocycles. The number of rotatable bonds is 4. The zero-order chi connectivity index (χ0) is 18.7. The highest BCUT2D eigenvalue weighted by molar-refractivity contribution is 5.99. The standard InChI is InChI=1S/C18H20N6O2/c1-4-14-12(3)19-17(22-16(14)25)24-15(10-11(2)23-24)21-18(26)20-13-8-6-5-7-9-13/h5-10H,4H2,1-3H3,(H,19,22,25)(H2,20,21,26). The first kappa shape index (κ1) is 17.4. The molecule has 0 fully saturated rings. The summed E-state index contributed by atoms with van der Waals surface area (Å²) in [5.41, 5.74) is 2.42. The molecule has 1 aromatic carbocycles. The minimum atomic E-state index is -0.415. The molecule has 8 nitrogen and oxygen atoms in total. The number of carbonyl (C=O) groups is 1. The molecule has 0 saturated carbocycles. The second-order valence-electron chi connectivity index (χ2n) is 5.83. The lowest BCUT2D eigenvalue weighted by atomic mass is 10.2. The summed E-state index contributed by atoms with van der Waals surface area (Å²) in [6, 6.07) is 10.4. The van der Waals surface area contributed by atoms with E-state index < -0.39 is 6.03 Å². The highest BCUT2D eigenvalue weighted by Crippen LogP contribution is 2.15. The summed E-state index contributed by atoms with van der Waals surface area (Å²) in [4.78, 5) is 31.6. The number of hydrogen-bond acceptors (Lipinski definition) is 4. The van der Waals surface area contributed by atoms with Crippen LogP contribution in [0, 0.1) is 13.8 Å². The fraction of sp³-hybridized carbons (Fsp3) is 0.222. The van der Waals surface area contributed by atoms with Crippen molar-refractivity contribution >= 4 is 17.5 Å². The summed E-state index contributed by atoms with van der Waals surface area (Å²) in [6.45, 7) is 5.48. The highest BCUT2D eigenvalue weighted by atomic mass is 16.2. The number of benzene rings is 1. The van der Waals surface area contributed by atoms with E-state index in [0.29, 0.717) is 34.9 Å². The normalized spacial score (nSPS) is 10.6. The van der Waals surface area contributed by atoms with Gasteiger partial charge < -0.3 is 5.32 Å². The first-order valence-electron chi connectivity index (χ1n) is 8.27. The summed E-state index contributed by atoms with van der Waals surface area (Å²) in [6.07, 6.45) is 0.594. The van der Waals surface area contributed by atoms with E-state index in [2.05, 4.69) is 25.7 Å². The van der Waals surface area contributed by atoms with Crippen LogP contribution in [0.15, 0.2) is 41.2 Å². The van der Waals surface area contributed by atoms with E-state index >= 15 is 0 Å². The van der Waals surface area contributed by atoms with Gasteiger partial charge in [0.15, 0.2) is 0 Å². The molecule has 0 aliphatic carbocycles. The van der Waals surface area contributed by atoms with Gasteiger partial charge in [-0.15, -0.1) is 0 Å². The Morgan fingerprint density at radius 1 is 1.19 bits per heavy atom. The minimum Gasteiger partial charge on any atom is -0.308 e. The van der Waals surface area contributed by atoms with Crippen molar-refractivity contribution in [3.05, 3.63) is 63.7 Å². The molecule has 0 atom stereocenters. The summed E-state index contributed by atoms with van der Waals surface area (Å²) >= 11 is 0. The van der Waals surface area contributed by atoms with Gasteiger partial charge in [0.1, 0.15) is 5.82 Å². The van der Waals surface area contributed by atoms with E-state index in [1.807, 2.05) is 25.1 Å². The van der Waals surface area contributed by atoms with Crippen molar-refractivity contribution in [3.63, 3.8) is 0 Å². The molecular weight excluding hydrogens is 332 g/mol. The molecule has 2 amide bonds. The van der Waals surface area contributed by atoms with Gasteiger partial charge in [0.2, 0.25) is 5.95 Å². The number of nitrogens with one attached hydrogen (secondary N) is 3. The highest BCUT2D eigenvalue weighted by Gasteiger charge is 2.15. The van der Waals surface area contributed by atoms with Gasteiger partial charge in [-0.05, 0) is 32.4 Å². The Balaban J connectivity index is 1.89. The van der Waals surface area contributed by atoms with Crippen molar-refractivity contribution in [2.24, 2.45) is 0 Å². The predicted molar refractivity (Wildman–Crippen MR) is 99.9 cm³/mol. The number of para-hydroxylation sites is 1. The van der Waals surface area contributed by atoms with E-state index in [1.165, 1.54) is 4.68 Å². The largest absolute Gasteiger partial charge is 0.324 e. The Labute approximate surface area is 150 Å². The number of amides is 2. The van der Waals surface area contributed by atoms with Crippen molar-refractivity contribution in [2.45, 2.75) is 27.2 Å². The van der Waals surface area contributed by atoms with Gasteiger partial charge in [-0.25, -0.2) is 9.78 Å². The van der Waals surface area contributed by atoms with Crippen LogP contribution in [0.1, 0.15) is 23.9 Å². The Kier molecular flexibility index (Phi) is 4.83. The lowest BCUT2D eigenvalue weighted by molar-refractivity contribution is 0.262. The lowest BCUT2D eigenvalue weighted by Gasteiger charge is -2.10. The van der Waals surface area contributed by atoms with Crippen LogP contribution in [-0.4, -0.2) is 25.8 Å². The molecule has 0 aliphatic rings. The SMILES string of the molecule is CCc1c(C)nc(-n2nc(C)cc2NC(=O)Nc2ccccc2)[nH]c1=O. The zero-order valence-corrected chi connectivity index (χ0v) is 14.8. The zero-order valence-electron chi connectivity index (χ0n) is 14.8. The molecule has 8 heteroatoms. The molecule has 3 rings (SSSR count). The molecule has 26 heavy (non-hydrogen) atoms. The number of urea groups is 1. The average Bonchev–Trinajstić information content (AvgIpc) is 2.95. The maximum atomic E-state index is 12.3. The van der Waals surface area contributed by atoms with Crippen LogP contribution in [0.2, 0.25) is 0 Å². The third-order valence-electron chi connectivity index (χ3n) is 3.87. The van der Waals surface area contributed by atoms with Crippen LogP contribution in [0.3, 0.4) is 0 Å². The fourth-order valence-corrected chi connectivity index (χ4v) is 2.66. The Morgan fingerprint density at radius 2 is 1.92 bits per heavy atom. The Morgan fingerprint density at radius 3 is 2.58 bits per heavy atom. The quantitative estimate of drug-likeness (QED) is 0.671. The molecule has 0 aliphatic heterocycles.